The Kier molecular flexibility index (Phi) is 3.07. The molecular weight excluding hydrogens is 166 g/mol. The summed E-state index contributed by atoms with van der Waals surface area (Å²) in [6, 6.07) is 0. The van der Waals surface area contributed by atoms with E-state index in [1.165, 1.54) is 0 Å². The summed E-state index contributed by atoms with van der Waals surface area (Å²) in [6.45, 7) is 1.58. The van der Waals surface area contributed by atoms with E-state index in [-0.39, 0.29) is 17.1 Å². The molecule has 0 aromatic carbocycles. The van der Waals surface area contributed by atoms with E-state index in [4.69, 9.17) is 5.73 Å². The lowest BCUT2D eigenvalue weighted by atomic mass is 9.78. The van der Waals surface area contributed by atoms with E-state index < -0.39 is 0 Å². The van der Waals surface area contributed by atoms with Crippen LogP contribution in [-0.4, -0.2) is 11.7 Å². The van der Waals surface area contributed by atoms with Gasteiger partial charge in [0.2, 0.25) is 5.91 Å². The SMILES string of the molecule is CC(=O)CC1(CC(N)=O)CCCC1. The summed E-state index contributed by atoms with van der Waals surface area (Å²) in [4.78, 5) is 21.9. The van der Waals surface area contributed by atoms with Gasteiger partial charge >= 0.3 is 0 Å². The Morgan fingerprint density at radius 2 is 1.77 bits per heavy atom. The monoisotopic (exact) mass is 183 g/mol. The zero-order chi connectivity index (χ0) is 9.90. The van der Waals surface area contributed by atoms with E-state index in [2.05, 4.69) is 0 Å². The number of carbonyl (C=O) groups is 2. The molecule has 0 aromatic heterocycles. The number of primary amides is 1. The Bertz CT molecular complexity index is 199. The van der Waals surface area contributed by atoms with Gasteiger partial charge in [0.05, 0.1) is 0 Å². The minimum atomic E-state index is -0.275. The number of amides is 1. The summed E-state index contributed by atoms with van der Waals surface area (Å²) < 4.78 is 0. The maximum Gasteiger partial charge on any atom is 0.217 e. The van der Waals surface area contributed by atoms with Crippen LogP contribution in [-0.2, 0) is 9.59 Å². The first-order valence-corrected chi connectivity index (χ1v) is 4.82. The maximum atomic E-state index is 11.0. The third-order valence-electron chi connectivity index (χ3n) is 2.84. The number of nitrogens with two attached hydrogens (primary N) is 1. The molecule has 2 N–H and O–H groups in total. The molecule has 1 saturated carbocycles. The van der Waals surface area contributed by atoms with Crippen molar-refractivity contribution < 1.29 is 9.59 Å². The molecule has 0 aliphatic heterocycles. The lowest BCUT2D eigenvalue weighted by molar-refractivity contribution is -0.122. The van der Waals surface area contributed by atoms with Crippen LogP contribution in [0.1, 0.15) is 45.4 Å². The molecule has 0 heterocycles. The number of hydrogen-bond acceptors (Lipinski definition) is 2. The molecule has 13 heavy (non-hydrogen) atoms. The van der Waals surface area contributed by atoms with Gasteiger partial charge in [-0.15, -0.1) is 0 Å². The van der Waals surface area contributed by atoms with Crippen LogP contribution in [0, 0.1) is 5.41 Å². The van der Waals surface area contributed by atoms with Crippen LogP contribution in [0.25, 0.3) is 0 Å². The van der Waals surface area contributed by atoms with Gasteiger partial charge in [0.15, 0.2) is 0 Å². The molecule has 0 spiro atoms. The highest BCUT2D eigenvalue weighted by Gasteiger charge is 2.36. The number of ketones is 1. The molecular formula is C10H17NO2. The second kappa shape index (κ2) is 3.90. The highest BCUT2D eigenvalue weighted by Crippen LogP contribution is 2.43. The van der Waals surface area contributed by atoms with E-state index in [0.29, 0.717) is 12.8 Å². The number of rotatable bonds is 4. The van der Waals surface area contributed by atoms with Gasteiger partial charge in [0, 0.05) is 12.8 Å². The van der Waals surface area contributed by atoms with Crippen molar-refractivity contribution >= 4 is 11.7 Å². The molecule has 0 unspecified atom stereocenters. The fourth-order valence-corrected chi connectivity index (χ4v) is 2.44. The van der Waals surface area contributed by atoms with Crippen LogP contribution < -0.4 is 5.73 Å². The van der Waals surface area contributed by atoms with Gasteiger partial charge in [0.25, 0.3) is 0 Å². The molecule has 0 saturated heterocycles. The Labute approximate surface area is 78.7 Å². The zero-order valence-corrected chi connectivity index (χ0v) is 8.14. The zero-order valence-electron chi connectivity index (χ0n) is 8.14. The summed E-state index contributed by atoms with van der Waals surface area (Å²) >= 11 is 0. The molecule has 1 aliphatic rings. The van der Waals surface area contributed by atoms with Crippen LogP contribution in [0.2, 0.25) is 0 Å². The summed E-state index contributed by atoms with van der Waals surface area (Å²) in [5, 5.41) is 0. The maximum absolute atomic E-state index is 11.0. The summed E-state index contributed by atoms with van der Waals surface area (Å²) in [7, 11) is 0. The first-order chi connectivity index (χ1) is 6.04. The van der Waals surface area contributed by atoms with Crippen LogP contribution in [0.4, 0.5) is 0 Å². The predicted molar refractivity (Wildman–Crippen MR) is 50.0 cm³/mol. The third-order valence-corrected chi connectivity index (χ3v) is 2.84. The average molecular weight is 183 g/mol. The van der Waals surface area contributed by atoms with Crippen molar-refractivity contribution in [2.45, 2.75) is 45.4 Å². The standard InChI is InChI=1S/C10H17NO2/c1-8(12)6-10(7-9(11)13)4-2-3-5-10/h2-7H2,1H3,(H2,11,13). The minimum absolute atomic E-state index is 0.0856. The van der Waals surface area contributed by atoms with Gasteiger partial charge in [-0.2, -0.15) is 0 Å². The van der Waals surface area contributed by atoms with Gasteiger partial charge in [-0.05, 0) is 25.2 Å². The summed E-state index contributed by atoms with van der Waals surface area (Å²) in [5.41, 5.74) is 5.10. The third kappa shape index (κ3) is 2.83. The van der Waals surface area contributed by atoms with Crippen molar-refractivity contribution in [1.82, 2.24) is 0 Å². The van der Waals surface area contributed by atoms with Crippen molar-refractivity contribution in [2.75, 3.05) is 0 Å². The molecule has 1 aliphatic carbocycles. The van der Waals surface area contributed by atoms with Crippen molar-refractivity contribution in [1.29, 1.82) is 0 Å². The Hall–Kier alpha value is -0.860. The molecule has 74 valence electrons. The number of carbonyl (C=O) groups excluding carboxylic acids is 2. The van der Waals surface area contributed by atoms with Crippen molar-refractivity contribution in [3.63, 3.8) is 0 Å². The Balaban J connectivity index is 2.62. The fraction of sp³-hybridized carbons (Fsp3) is 0.800. The van der Waals surface area contributed by atoms with Gasteiger partial charge < -0.3 is 10.5 Å². The average Bonchev–Trinajstić information content (AvgIpc) is 2.33. The van der Waals surface area contributed by atoms with Crippen molar-refractivity contribution in [3.05, 3.63) is 0 Å². The predicted octanol–water partition coefficient (Wildman–Crippen LogP) is 1.40. The van der Waals surface area contributed by atoms with E-state index in [9.17, 15) is 9.59 Å². The van der Waals surface area contributed by atoms with Gasteiger partial charge in [-0.25, -0.2) is 0 Å². The van der Waals surface area contributed by atoms with Crippen molar-refractivity contribution in [2.24, 2.45) is 11.1 Å². The molecule has 0 atom stereocenters. The second-order valence-electron chi connectivity index (χ2n) is 4.23. The van der Waals surface area contributed by atoms with Crippen LogP contribution in [0.3, 0.4) is 0 Å². The molecule has 1 amide bonds. The quantitative estimate of drug-likeness (QED) is 0.716. The first-order valence-electron chi connectivity index (χ1n) is 4.82. The topological polar surface area (TPSA) is 60.2 Å². The molecule has 0 bridgehead atoms. The van der Waals surface area contributed by atoms with Crippen molar-refractivity contribution in [3.8, 4) is 0 Å². The lowest BCUT2D eigenvalue weighted by Crippen LogP contribution is -2.27. The van der Waals surface area contributed by atoms with Crippen LogP contribution in [0.15, 0.2) is 0 Å². The molecule has 0 aromatic rings. The molecule has 3 nitrogen and oxygen atoms in total. The van der Waals surface area contributed by atoms with Gasteiger partial charge in [-0.1, -0.05) is 12.8 Å². The smallest absolute Gasteiger partial charge is 0.217 e. The fourth-order valence-electron chi connectivity index (χ4n) is 2.44. The summed E-state index contributed by atoms with van der Waals surface area (Å²) in [6.07, 6.45) is 5.12. The second-order valence-corrected chi connectivity index (χ2v) is 4.23. The minimum Gasteiger partial charge on any atom is -0.370 e. The van der Waals surface area contributed by atoms with E-state index in [0.717, 1.165) is 25.7 Å². The van der Waals surface area contributed by atoms with Gasteiger partial charge in [-0.3, -0.25) is 4.79 Å². The molecule has 1 rings (SSSR count). The van der Waals surface area contributed by atoms with E-state index in [1.54, 1.807) is 6.92 Å². The molecule has 1 fully saturated rings. The number of Topliss-reactive ketones (excluding diaryl/α,β-unsaturated/α-hetero) is 1. The van der Waals surface area contributed by atoms with E-state index >= 15 is 0 Å². The van der Waals surface area contributed by atoms with Crippen LogP contribution in [0.5, 0.6) is 0 Å². The Morgan fingerprint density at radius 1 is 1.23 bits per heavy atom. The highest BCUT2D eigenvalue weighted by molar-refractivity contribution is 5.79. The van der Waals surface area contributed by atoms with Crippen LogP contribution >= 0.6 is 0 Å². The largest absolute Gasteiger partial charge is 0.370 e. The molecule has 3 heteroatoms. The number of hydrogen-bond donors (Lipinski definition) is 1. The molecule has 0 radical (unpaired) electrons. The van der Waals surface area contributed by atoms with Gasteiger partial charge in [0.1, 0.15) is 5.78 Å². The highest BCUT2D eigenvalue weighted by atomic mass is 16.1. The summed E-state index contributed by atoms with van der Waals surface area (Å²) in [5.74, 6) is -0.105. The lowest BCUT2D eigenvalue weighted by Gasteiger charge is -2.25. The van der Waals surface area contributed by atoms with E-state index in [1.807, 2.05) is 0 Å². The Morgan fingerprint density at radius 3 is 2.15 bits per heavy atom. The normalized spacial score (nSPS) is 20.1. The first kappa shape index (κ1) is 10.2.